The number of phenolic OH excluding ortho intramolecular Hbond substituents is 1. The Balaban J connectivity index is 1.34. The zero-order valence-electron chi connectivity index (χ0n) is 21.8. The topological polar surface area (TPSA) is 87.2 Å². The summed E-state index contributed by atoms with van der Waals surface area (Å²) in [4.78, 5) is 41.5. The summed E-state index contributed by atoms with van der Waals surface area (Å²) in [6.07, 6.45) is 3.82. The number of phenols is 1. The van der Waals surface area contributed by atoms with Gasteiger partial charge in [-0.3, -0.25) is 9.59 Å². The summed E-state index contributed by atoms with van der Waals surface area (Å²) >= 11 is 6.24. The molecule has 0 aromatic heterocycles. The Labute approximate surface area is 223 Å². The third-order valence-electron chi connectivity index (χ3n) is 6.79. The van der Waals surface area contributed by atoms with Crippen molar-refractivity contribution in [1.29, 1.82) is 0 Å². The molecule has 4 rings (SSSR count). The van der Waals surface area contributed by atoms with Crippen LogP contribution in [0, 0.1) is 0 Å². The van der Waals surface area contributed by atoms with E-state index < -0.39 is 11.7 Å². The standard InChI is InChI=1S/C29H35ClN2O5/c1-29(2,3)37-28(36)31(14-11-19-7-9-23(33)18-24(19)30)13-5-4-6-25(34)22-16-20-8-10-26(35)32-15-12-21(17-22)27(20)32/h7,9,16-18,33H,4-6,8,10-15H2,1-3H3. The number of hydrogen-bond acceptors (Lipinski definition) is 5. The molecular weight excluding hydrogens is 492 g/mol. The van der Waals surface area contributed by atoms with Gasteiger partial charge in [-0.15, -0.1) is 0 Å². The zero-order valence-corrected chi connectivity index (χ0v) is 22.6. The number of rotatable bonds is 9. The van der Waals surface area contributed by atoms with Crippen molar-refractivity contribution in [3.05, 3.63) is 57.6 Å². The summed E-state index contributed by atoms with van der Waals surface area (Å²) in [6, 6.07) is 8.73. The monoisotopic (exact) mass is 526 g/mol. The molecule has 2 aliphatic rings. The average molecular weight is 527 g/mol. The predicted octanol–water partition coefficient (Wildman–Crippen LogP) is 5.71. The summed E-state index contributed by atoms with van der Waals surface area (Å²) in [6.45, 7) is 7.07. The van der Waals surface area contributed by atoms with Crippen molar-refractivity contribution in [1.82, 2.24) is 4.90 Å². The molecule has 0 saturated carbocycles. The molecule has 0 bridgehead atoms. The van der Waals surface area contributed by atoms with Gasteiger partial charge in [-0.05, 0) is 93.8 Å². The van der Waals surface area contributed by atoms with Crippen LogP contribution in [0.3, 0.4) is 0 Å². The molecule has 2 amide bonds. The lowest BCUT2D eigenvalue weighted by molar-refractivity contribution is -0.118. The fourth-order valence-electron chi connectivity index (χ4n) is 4.97. The molecule has 2 aromatic rings. The Kier molecular flexibility index (Phi) is 8.12. The first-order valence-corrected chi connectivity index (χ1v) is 13.3. The SMILES string of the molecule is CC(C)(C)OC(=O)N(CCCCC(=O)c1cc2c3c(c1)CCN3C(=O)CC2)CCc1ccc(O)cc1Cl. The number of amides is 2. The number of carbonyl (C=O) groups is 3. The summed E-state index contributed by atoms with van der Waals surface area (Å²) in [5.41, 5.74) is 4.16. The maximum Gasteiger partial charge on any atom is 0.410 e. The normalized spacial score (nSPS) is 14.5. The van der Waals surface area contributed by atoms with E-state index in [1.165, 1.54) is 6.07 Å². The van der Waals surface area contributed by atoms with Crippen LogP contribution < -0.4 is 4.90 Å². The lowest BCUT2D eigenvalue weighted by Gasteiger charge is -2.27. The molecular formula is C29H35ClN2O5. The van der Waals surface area contributed by atoms with Crippen molar-refractivity contribution in [3.8, 4) is 5.75 Å². The summed E-state index contributed by atoms with van der Waals surface area (Å²) in [5, 5.41) is 10.0. The van der Waals surface area contributed by atoms with Crippen molar-refractivity contribution in [2.75, 3.05) is 24.5 Å². The number of aromatic hydroxyl groups is 1. The summed E-state index contributed by atoms with van der Waals surface area (Å²) in [7, 11) is 0. The molecule has 0 radical (unpaired) electrons. The largest absolute Gasteiger partial charge is 0.508 e. The van der Waals surface area contributed by atoms with Crippen molar-refractivity contribution >= 4 is 35.1 Å². The molecule has 7 nitrogen and oxygen atoms in total. The molecule has 2 heterocycles. The maximum absolute atomic E-state index is 13.0. The molecule has 0 unspecified atom stereocenters. The molecule has 2 aliphatic heterocycles. The van der Waals surface area contributed by atoms with E-state index in [1.54, 1.807) is 17.0 Å². The Bertz CT molecular complexity index is 1200. The van der Waals surface area contributed by atoms with E-state index >= 15 is 0 Å². The van der Waals surface area contributed by atoms with Crippen LogP contribution in [-0.2, 0) is 28.8 Å². The highest BCUT2D eigenvalue weighted by atomic mass is 35.5. The number of ether oxygens (including phenoxy) is 1. The molecule has 8 heteroatoms. The Hall–Kier alpha value is -3.06. The highest BCUT2D eigenvalue weighted by Gasteiger charge is 2.32. The number of halogens is 1. The first-order chi connectivity index (χ1) is 17.5. The van der Waals surface area contributed by atoms with Crippen LogP contribution in [0.2, 0.25) is 5.02 Å². The third-order valence-corrected chi connectivity index (χ3v) is 7.15. The van der Waals surface area contributed by atoms with Crippen molar-refractivity contribution < 1.29 is 24.2 Å². The molecule has 0 saturated heterocycles. The van der Waals surface area contributed by atoms with Gasteiger partial charge in [0, 0.05) is 43.1 Å². The number of unbranched alkanes of at least 4 members (excludes halogenated alkanes) is 1. The fourth-order valence-corrected chi connectivity index (χ4v) is 5.24. The van der Waals surface area contributed by atoms with E-state index in [1.807, 2.05) is 37.8 Å². The minimum atomic E-state index is -0.616. The zero-order chi connectivity index (χ0) is 26.7. The quantitative estimate of drug-likeness (QED) is 0.334. The predicted molar refractivity (Wildman–Crippen MR) is 144 cm³/mol. The van der Waals surface area contributed by atoms with E-state index in [0.29, 0.717) is 63.2 Å². The first kappa shape index (κ1) is 27.0. The molecule has 0 aliphatic carbocycles. The van der Waals surface area contributed by atoms with E-state index in [0.717, 1.165) is 34.4 Å². The number of Topliss-reactive ketones (excluding diaryl/α,β-unsaturated/α-hetero) is 1. The van der Waals surface area contributed by atoms with Gasteiger partial charge in [0.15, 0.2) is 5.78 Å². The lowest BCUT2D eigenvalue weighted by Crippen LogP contribution is -2.38. The second-order valence-corrected chi connectivity index (χ2v) is 11.2. The third kappa shape index (κ3) is 6.63. The number of benzene rings is 2. The molecule has 0 atom stereocenters. The van der Waals surface area contributed by atoms with Crippen LogP contribution in [0.1, 0.15) is 73.5 Å². The van der Waals surface area contributed by atoms with Gasteiger partial charge in [0.05, 0.1) is 5.69 Å². The Morgan fingerprint density at radius 3 is 2.49 bits per heavy atom. The molecule has 198 valence electrons. The van der Waals surface area contributed by atoms with Gasteiger partial charge < -0.3 is 19.6 Å². The summed E-state index contributed by atoms with van der Waals surface area (Å²) < 4.78 is 5.59. The van der Waals surface area contributed by atoms with Gasteiger partial charge in [-0.1, -0.05) is 17.7 Å². The molecule has 37 heavy (non-hydrogen) atoms. The molecule has 2 aromatic carbocycles. The lowest BCUT2D eigenvalue weighted by atomic mass is 9.94. The van der Waals surface area contributed by atoms with E-state index in [-0.39, 0.29) is 17.4 Å². The van der Waals surface area contributed by atoms with Crippen LogP contribution in [0.5, 0.6) is 5.75 Å². The van der Waals surface area contributed by atoms with Crippen LogP contribution in [0.15, 0.2) is 30.3 Å². The van der Waals surface area contributed by atoms with Gasteiger partial charge in [0.2, 0.25) is 5.91 Å². The van der Waals surface area contributed by atoms with Crippen molar-refractivity contribution in [2.24, 2.45) is 0 Å². The van der Waals surface area contributed by atoms with Crippen LogP contribution in [-0.4, -0.2) is 53.0 Å². The molecule has 0 spiro atoms. The minimum absolute atomic E-state index is 0.0918. The highest BCUT2D eigenvalue weighted by Crippen LogP contribution is 2.37. The van der Waals surface area contributed by atoms with Gasteiger partial charge in [-0.2, -0.15) is 0 Å². The Morgan fingerprint density at radius 1 is 1.05 bits per heavy atom. The number of carbonyl (C=O) groups excluding carboxylic acids is 3. The van der Waals surface area contributed by atoms with Gasteiger partial charge >= 0.3 is 6.09 Å². The van der Waals surface area contributed by atoms with Gasteiger partial charge in [-0.25, -0.2) is 4.79 Å². The number of aryl methyl sites for hydroxylation is 1. The van der Waals surface area contributed by atoms with Crippen LogP contribution in [0.25, 0.3) is 0 Å². The second-order valence-electron chi connectivity index (χ2n) is 10.8. The number of hydrogen-bond donors (Lipinski definition) is 1. The smallest absolute Gasteiger partial charge is 0.410 e. The van der Waals surface area contributed by atoms with Crippen LogP contribution >= 0.6 is 11.6 Å². The van der Waals surface area contributed by atoms with Gasteiger partial charge in [0.25, 0.3) is 0 Å². The molecule has 1 N–H and O–H groups in total. The minimum Gasteiger partial charge on any atom is -0.508 e. The first-order valence-electron chi connectivity index (χ1n) is 13.0. The fraction of sp³-hybridized carbons (Fsp3) is 0.483. The Morgan fingerprint density at radius 2 is 1.78 bits per heavy atom. The molecule has 0 fully saturated rings. The van der Waals surface area contributed by atoms with Gasteiger partial charge in [0.1, 0.15) is 11.4 Å². The second kappa shape index (κ2) is 11.1. The van der Waals surface area contributed by atoms with E-state index in [2.05, 4.69) is 0 Å². The highest BCUT2D eigenvalue weighted by molar-refractivity contribution is 6.31. The van der Waals surface area contributed by atoms with E-state index in [9.17, 15) is 19.5 Å². The van der Waals surface area contributed by atoms with E-state index in [4.69, 9.17) is 16.3 Å². The number of ketones is 1. The number of anilines is 1. The maximum atomic E-state index is 13.0. The van der Waals surface area contributed by atoms with Crippen LogP contribution in [0.4, 0.5) is 10.5 Å². The number of nitrogens with zero attached hydrogens (tertiary/aromatic N) is 2. The van der Waals surface area contributed by atoms with Crippen molar-refractivity contribution in [3.63, 3.8) is 0 Å². The average Bonchev–Trinajstić information content (AvgIpc) is 3.26. The summed E-state index contributed by atoms with van der Waals surface area (Å²) in [5.74, 6) is 0.363. The van der Waals surface area contributed by atoms with Crippen molar-refractivity contribution in [2.45, 2.75) is 71.3 Å².